The van der Waals surface area contributed by atoms with Gasteiger partial charge in [0.15, 0.2) is 0 Å². The van der Waals surface area contributed by atoms with Crippen molar-refractivity contribution in [2.75, 3.05) is 18.5 Å². The Bertz CT molecular complexity index is 335. The molecule has 0 aliphatic heterocycles. The van der Waals surface area contributed by atoms with Crippen LogP contribution < -0.4 is 10.2 Å². The fourth-order valence-electron chi connectivity index (χ4n) is 1.33. The maximum atomic E-state index is 11.7. The van der Waals surface area contributed by atoms with E-state index in [0.29, 0.717) is 12.6 Å². The minimum absolute atomic E-state index is 0.0786. The minimum atomic E-state index is 0.0786. The normalized spacial score (nSPS) is 15.0. The summed E-state index contributed by atoms with van der Waals surface area (Å²) in [5, 5.41) is 3.20. The summed E-state index contributed by atoms with van der Waals surface area (Å²) in [5.74, 6) is 0.0786. The van der Waals surface area contributed by atoms with Gasteiger partial charge >= 0.3 is 0 Å². The Hall–Kier alpha value is -1.42. The van der Waals surface area contributed by atoms with Crippen LogP contribution in [0.4, 0.5) is 5.69 Å². The first-order chi connectivity index (χ1) is 7.27. The van der Waals surface area contributed by atoms with E-state index in [0.717, 1.165) is 5.69 Å². The second-order valence-electron chi connectivity index (χ2n) is 3.82. The number of hydrogen-bond donors (Lipinski definition) is 1. The fourth-order valence-corrected chi connectivity index (χ4v) is 1.33. The van der Waals surface area contributed by atoms with Gasteiger partial charge in [-0.15, -0.1) is 0 Å². The molecule has 0 unspecified atom stereocenters. The lowest BCUT2D eigenvalue weighted by molar-refractivity contribution is -0.117. The number of likely N-dealkylation sites (N-methyl/N-ethyl adjacent to an activating group) is 1. The summed E-state index contributed by atoms with van der Waals surface area (Å²) in [6.07, 6.45) is 5.78. The number of nitrogens with zero attached hydrogens (tertiary/aromatic N) is 2. The lowest BCUT2D eigenvalue weighted by atomic mass is 10.3. The van der Waals surface area contributed by atoms with Crippen molar-refractivity contribution in [2.24, 2.45) is 0 Å². The van der Waals surface area contributed by atoms with Gasteiger partial charge in [-0.2, -0.15) is 0 Å². The number of amides is 1. The smallest absolute Gasteiger partial charge is 0.240 e. The van der Waals surface area contributed by atoms with Crippen molar-refractivity contribution in [2.45, 2.75) is 18.9 Å². The summed E-state index contributed by atoms with van der Waals surface area (Å²) < 4.78 is 0. The molecule has 0 aromatic carbocycles. The Morgan fingerprint density at radius 3 is 3.07 bits per heavy atom. The summed E-state index contributed by atoms with van der Waals surface area (Å²) in [5.41, 5.74) is 0.833. The number of anilines is 1. The highest BCUT2D eigenvalue weighted by Crippen LogP contribution is 2.18. The molecule has 1 aliphatic rings. The first kappa shape index (κ1) is 10.1. The van der Waals surface area contributed by atoms with E-state index in [1.165, 1.54) is 12.8 Å². The van der Waals surface area contributed by atoms with Crippen molar-refractivity contribution >= 4 is 11.6 Å². The molecule has 0 bridgehead atoms. The first-order valence-electron chi connectivity index (χ1n) is 5.17. The lowest BCUT2D eigenvalue weighted by Crippen LogP contribution is -2.36. The fraction of sp³-hybridized carbons (Fsp3) is 0.455. The van der Waals surface area contributed by atoms with Crippen LogP contribution in [-0.4, -0.2) is 30.5 Å². The molecule has 1 saturated carbocycles. The molecule has 4 heteroatoms. The van der Waals surface area contributed by atoms with Gasteiger partial charge in [0.05, 0.1) is 18.4 Å². The van der Waals surface area contributed by atoms with Crippen molar-refractivity contribution in [1.82, 2.24) is 10.3 Å². The second-order valence-corrected chi connectivity index (χ2v) is 3.82. The molecule has 1 heterocycles. The standard InChI is InChI=1S/C11H15N3O/c1-14(10-3-2-6-12-7-10)11(15)8-13-9-4-5-9/h2-3,6-7,9,13H,4-5,8H2,1H3. The molecular formula is C11H15N3O. The van der Waals surface area contributed by atoms with Crippen molar-refractivity contribution in [3.05, 3.63) is 24.5 Å². The van der Waals surface area contributed by atoms with E-state index in [-0.39, 0.29) is 5.91 Å². The second kappa shape index (κ2) is 4.40. The number of carbonyl (C=O) groups is 1. The van der Waals surface area contributed by atoms with E-state index in [4.69, 9.17) is 0 Å². The summed E-state index contributed by atoms with van der Waals surface area (Å²) in [6.45, 7) is 0.413. The molecule has 1 N–H and O–H groups in total. The highest BCUT2D eigenvalue weighted by molar-refractivity contribution is 5.94. The van der Waals surface area contributed by atoms with Crippen molar-refractivity contribution in [1.29, 1.82) is 0 Å². The van der Waals surface area contributed by atoms with E-state index < -0.39 is 0 Å². The molecule has 2 rings (SSSR count). The average molecular weight is 205 g/mol. The monoisotopic (exact) mass is 205 g/mol. The number of rotatable bonds is 4. The van der Waals surface area contributed by atoms with E-state index in [9.17, 15) is 4.79 Å². The van der Waals surface area contributed by atoms with Gasteiger partial charge in [0, 0.05) is 19.3 Å². The zero-order valence-electron chi connectivity index (χ0n) is 8.81. The Morgan fingerprint density at radius 1 is 1.67 bits per heavy atom. The van der Waals surface area contributed by atoms with Crippen LogP contribution in [0.5, 0.6) is 0 Å². The van der Waals surface area contributed by atoms with E-state index in [1.54, 1.807) is 24.3 Å². The number of hydrogen-bond acceptors (Lipinski definition) is 3. The zero-order chi connectivity index (χ0) is 10.7. The third kappa shape index (κ3) is 2.76. The van der Waals surface area contributed by atoms with Gasteiger partial charge in [0.1, 0.15) is 0 Å². The highest BCUT2D eigenvalue weighted by Gasteiger charge is 2.22. The molecule has 0 radical (unpaired) electrons. The predicted molar refractivity (Wildman–Crippen MR) is 58.7 cm³/mol. The number of nitrogens with one attached hydrogen (secondary N) is 1. The van der Waals surface area contributed by atoms with E-state index in [2.05, 4.69) is 10.3 Å². The maximum absolute atomic E-state index is 11.7. The van der Waals surface area contributed by atoms with Gasteiger partial charge < -0.3 is 10.2 Å². The van der Waals surface area contributed by atoms with Gasteiger partial charge in [-0.1, -0.05) is 0 Å². The van der Waals surface area contributed by atoms with Gasteiger partial charge in [0.2, 0.25) is 5.91 Å². The molecule has 15 heavy (non-hydrogen) atoms. The Labute approximate surface area is 89.3 Å². The predicted octanol–water partition coefficient (Wildman–Crippen LogP) is 0.796. The Morgan fingerprint density at radius 2 is 2.47 bits per heavy atom. The quantitative estimate of drug-likeness (QED) is 0.790. The van der Waals surface area contributed by atoms with Crippen molar-refractivity contribution in [3.8, 4) is 0 Å². The highest BCUT2D eigenvalue weighted by atomic mass is 16.2. The number of pyridine rings is 1. The number of aromatic nitrogens is 1. The summed E-state index contributed by atoms with van der Waals surface area (Å²) in [4.78, 5) is 17.3. The molecule has 1 aliphatic carbocycles. The summed E-state index contributed by atoms with van der Waals surface area (Å²) >= 11 is 0. The number of carbonyl (C=O) groups excluding carboxylic acids is 1. The van der Waals surface area contributed by atoms with Gasteiger partial charge in [0.25, 0.3) is 0 Å². The molecule has 0 saturated heterocycles. The molecular weight excluding hydrogens is 190 g/mol. The topological polar surface area (TPSA) is 45.2 Å². The van der Waals surface area contributed by atoms with Crippen molar-refractivity contribution < 1.29 is 4.79 Å². The van der Waals surface area contributed by atoms with Gasteiger partial charge in [-0.25, -0.2) is 0 Å². The maximum Gasteiger partial charge on any atom is 0.240 e. The molecule has 0 spiro atoms. The molecule has 1 fully saturated rings. The van der Waals surface area contributed by atoms with E-state index >= 15 is 0 Å². The van der Waals surface area contributed by atoms with Gasteiger partial charge in [-0.3, -0.25) is 9.78 Å². The molecule has 80 valence electrons. The van der Waals surface area contributed by atoms with Gasteiger partial charge in [-0.05, 0) is 25.0 Å². The molecule has 1 amide bonds. The lowest BCUT2D eigenvalue weighted by Gasteiger charge is -2.16. The van der Waals surface area contributed by atoms with E-state index in [1.807, 2.05) is 12.1 Å². The molecule has 1 aromatic heterocycles. The third-order valence-corrected chi connectivity index (χ3v) is 2.53. The molecule has 1 aromatic rings. The Balaban J connectivity index is 1.88. The third-order valence-electron chi connectivity index (χ3n) is 2.53. The van der Waals surface area contributed by atoms with Crippen LogP contribution in [0.3, 0.4) is 0 Å². The van der Waals surface area contributed by atoms with Crippen LogP contribution in [-0.2, 0) is 4.79 Å². The Kier molecular flexibility index (Phi) is 2.97. The summed E-state index contributed by atoms with van der Waals surface area (Å²) in [6, 6.07) is 4.27. The zero-order valence-corrected chi connectivity index (χ0v) is 8.81. The molecule has 0 atom stereocenters. The first-order valence-corrected chi connectivity index (χ1v) is 5.17. The largest absolute Gasteiger partial charge is 0.313 e. The van der Waals surface area contributed by atoms with Crippen LogP contribution in [0.15, 0.2) is 24.5 Å². The van der Waals surface area contributed by atoms with Crippen LogP contribution in [0.1, 0.15) is 12.8 Å². The molecule has 4 nitrogen and oxygen atoms in total. The van der Waals surface area contributed by atoms with Crippen molar-refractivity contribution in [3.63, 3.8) is 0 Å². The minimum Gasteiger partial charge on any atom is -0.313 e. The SMILES string of the molecule is CN(C(=O)CNC1CC1)c1cccnc1. The average Bonchev–Trinajstić information content (AvgIpc) is 3.10. The van der Waals surface area contributed by atoms with Crippen LogP contribution in [0, 0.1) is 0 Å². The van der Waals surface area contributed by atoms with Crippen LogP contribution in [0.25, 0.3) is 0 Å². The summed E-state index contributed by atoms with van der Waals surface area (Å²) in [7, 11) is 1.77. The van der Waals surface area contributed by atoms with Crippen LogP contribution >= 0.6 is 0 Å². The van der Waals surface area contributed by atoms with Crippen LogP contribution in [0.2, 0.25) is 0 Å².